The Labute approximate surface area is 125 Å². The molecular formula is C17H23FN2O. The van der Waals surface area contributed by atoms with Gasteiger partial charge in [-0.25, -0.2) is 4.39 Å². The number of nitrogens with zero attached hydrogens (tertiary/aromatic N) is 1. The monoisotopic (exact) mass is 290 g/mol. The SMILES string of the molecule is CN(Cc1ccoc1)c1ccc(F)cc1CNC(C)(C)C. The lowest BCUT2D eigenvalue weighted by molar-refractivity contribution is 0.423. The zero-order valence-electron chi connectivity index (χ0n) is 13.1. The molecule has 1 aromatic heterocycles. The van der Waals surface area contributed by atoms with E-state index in [0.29, 0.717) is 6.54 Å². The molecule has 1 aromatic carbocycles. The molecule has 1 heterocycles. The molecule has 0 radical (unpaired) electrons. The molecule has 3 nitrogen and oxygen atoms in total. The predicted octanol–water partition coefficient (Wildman–Crippen LogP) is 3.94. The summed E-state index contributed by atoms with van der Waals surface area (Å²) in [6, 6.07) is 6.87. The van der Waals surface area contributed by atoms with Gasteiger partial charge in [0.2, 0.25) is 0 Å². The summed E-state index contributed by atoms with van der Waals surface area (Å²) in [6.45, 7) is 7.65. The summed E-state index contributed by atoms with van der Waals surface area (Å²) in [5.74, 6) is -0.207. The minimum absolute atomic E-state index is 0.00723. The number of anilines is 1. The molecule has 4 heteroatoms. The Bertz CT molecular complexity index is 573. The van der Waals surface area contributed by atoms with Crippen LogP contribution in [-0.4, -0.2) is 12.6 Å². The van der Waals surface area contributed by atoms with Crippen LogP contribution in [0.25, 0.3) is 0 Å². The number of halogens is 1. The van der Waals surface area contributed by atoms with Crippen LogP contribution >= 0.6 is 0 Å². The third-order valence-corrected chi connectivity index (χ3v) is 3.26. The minimum atomic E-state index is -0.207. The van der Waals surface area contributed by atoms with Crippen LogP contribution in [0.4, 0.5) is 10.1 Å². The first-order valence-electron chi connectivity index (χ1n) is 7.11. The Balaban J connectivity index is 2.17. The molecule has 114 valence electrons. The smallest absolute Gasteiger partial charge is 0.123 e. The Morgan fingerprint density at radius 1 is 1.24 bits per heavy atom. The highest BCUT2D eigenvalue weighted by Crippen LogP contribution is 2.23. The highest BCUT2D eigenvalue weighted by Gasteiger charge is 2.13. The van der Waals surface area contributed by atoms with E-state index in [1.165, 1.54) is 6.07 Å². The normalized spacial score (nSPS) is 11.7. The van der Waals surface area contributed by atoms with Crippen molar-refractivity contribution in [1.29, 1.82) is 0 Å². The Morgan fingerprint density at radius 3 is 2.62 bits per heavy atom. The fourth-order valence-electron chi connectivity index (χ4n) is 2.17. The summed E-state index contributed by atoms with van der Waals surface area (Å²) >= 11 is 0. The average Bonchev–Trinajstić information content (AvgIpc) is 2.88. The summed E-state index contributed by atoms with van der Waals surface area (Å²) < 4.78 is 18.6. The van der Waals surface area contributed by atoms with Crippen molar-refractivity contribution in [3.8, 4) is 0 Å². The van der Waals surface area contributed by atoms with Crippen LogP contribution in [0.5, 0.6) is 0 Å². The van der Waals surface area contributed by atoms with Crippen LogP contribution in [0.3, 0.4) is 0 Å². The van der Waals surface area contributed by atoms with Crippen LogP contribution in [0.15, 0.2) is 41.2 Å². The standard InChI is InChI=1S/C17H23FN2O/c1-17(2,3)19-10-14-9-15(18)5-6-16(14)20(4)11-13-7-8-21-12-13/h5-9,12,19H,10-11H2,1-4H3. The highest BCUT2D eigenvalue weighted by molar-refractivity contribution is 5.53. The molecule has 0 unspecified atom stereocenters. The van der Waals surface area contributed by atoms with Gasteiger partial charge in [0.25, 0.3) is 0 Å². The molecule has 2 rings (SSSR count). The van der Waals surface area contributed by atoms with E-state index >= 15 is 0 Å². The van der Waals surface area contributed by atoms with Gasteiger partial charge in [0.05, 0.1) is 12.5 Å². The molecular weight excluding hydrogens is 267 g/mol. The molecule has 0 atom stereocenters. The predicted molar refractivity (Wildman–Crippen MR) is 83.8 cm³/mol. The van der Waals surface area contributed by atoms with Gasteiger partial charge in [0.1, 0.15) is 5.82 Å². The van der Waals surface area contributed by atoms with Crippen molar-refractivity contribution in [1.82, 2.24) is 5.32 Å². The molecule has 1 N–H and O–H groups in total. The van der Waals surface area contributed by atoms with Crippen molar-refractivity contribution in [3.63, 3.8) is 0 Å². The van der Waals surface area contributed by atoms with E-state index in [-0.39, 0.29) is 11.4 Å². The highest BCUT2D eigenvalue weighted by atomic mass is 19.1. The van der Waals surface area contributed by atoms with Gasteiger partial charge < -0.3 is 14.6 Å². The van der Waals surface area contributed by atoms with Gasteiger partial charge in [0, 0.05) is 36.9 Å². The van der Waals surface area contributed by atoms with Gasteiger partial charge in [-0.15, -0.1) is 0 Å². The molecule has 2 aromatic rings. The lowest BCUT2D eigenvalue weighted by Crippen LogP contribution is -2.35. The third kappa shape index (κ3) is 4.60. The van der Waals surface area contributed by atoms with Crippen LogP contribution in [0.2, 0.25) is 0 Å². The molecule has 0 saturated carbocycles. The summed E-state index contributed by atoms with van der Waals surface area (Å²) in [4.78, 5) is 2.10. The van der Waals surface area contributed by atoms with Gasteiger partial charge in [-0.3, -0.25) is 0 Å². The quantitative estimate of drug-likeness (QED) is 0.904. The molecule has 0 fully saturated rings. The van der Waals surface area contributed by atoms with E-state index in [2.05, 4.69) is 31.0 Å². The number of hydrogen-bond donors (Lipinski definition) is 1. The fraction of sp³-hybridized carbons (Fsp3) is 0.412. The van der Waals surface area contributed by atoms with Gasteiger partial charge in [0.15, 0.2) is 0 Å². The minimum Gasteiger partial charge on any atom is -0.472 e. The summed E-state index contributed by atoms with van der Waals surface area (Å²) in [5, 5.41) is 3.41. The summed E-state index contributed by atoms with van der Waals surface area (Å²) in [5.41, 5.74) is 3.06. The topological polar surface area (TPSA) is 28.4 Å². The molecule has 0 aliphatic heterocycles. The number of rotatable bonds is 5. The zero-order valence-corrected chi connectivity index (χ0v) is 13.1. The molecule has 0 amide bonds. The molecule has 0 aliphatic rings. The maximum atomic E-state index is 13.5. The third-order valence-electron chi connectivity index (χ3n) is 3.26. The fourth-order valence-corrected chi connectivity index (χ4v) is 2.17. The van der Waals surface area contributed by atoms with Crippen molar-refractivity contribution < 1.29 is 8.81 Å². The second-order valence-electron chi connectivity index (χ2n) is 6.36. The van der Waals surface area contributed by atoms with Crippen molar-refractivity contribution in [2.75, 3.05) is 11.9 Å². The van der Waals surface area contributed by atoms with E-state index in [4.69, 9.17) is 4.42 Å². The van der Waals surface area contributed by atoms with Crippen molar-refractivity contribution in [3.05, 3.63) is 53.7 Å². The lowest BCUT2D eigenvalue weighted by atomic mass is 10.1. The van der Waals surface area contributed by atoms with Gasteiger partial charge in [-0.1, -0.05) is 0 Å². The van der Waals surface area contributed by atoms with E-state index in [1.54, 1.807) is 18.6 Å². The lowest BCUT2D eigenvalue weighted by Gasteiger charge is -2.25. The first-order chi connectivity index (χ1) is 9.85. The molecule has 0 spiro atoms. The molecule has 0 aliphatic carbocycles. The van der Waals surface area contributed by atoms with Crippen LogP contribution in [0.1, 0.15) is 31.9 Å². The summed E-state index contributed by atoms with van der Waals surface area (Å²) in [6.07, 6.45) is 3.39. The van der Waals surface area contributed by atoms with E-state index in [0.717, 1.165) is 23.4 Å². The number of hydrogen-bond acceptors (Lipinski definition) is 3. The second kappa shape index (κ2) is 6.31. The maximum absolute atomic E-state index is 13.5. The Hall–Kier alpha value is -1.81. The van der Waals surface area contributed by atoms with Gasteiger partial charge >= 0.3 is 0 Å². The van der Waals surface area contributed by atoms with Crippen LogP contribution < -0.4 is 10.2 Å². The largest absolute Gasteiger partial charge is 0.472 e. The first kappa shape index (κ1) is 15.6. The first-order valence-corrected chi connectivity index (χ1v) is 7.11. The van der Waals surface area contributed by atoms with Crippen LogP contribution in [0, 0.1) is 5.82 Å². The van der Waals surface area contributed by atoms with E-state index < -0.39 is 0 Å². The number of benzene rings is 1. The maximum Gasteiger partial charge on any atom is 0.123 e. The molecule has 0 saturated heterocycles. The molecule has 0 bridgehead atoms. The molecule has 21 heavy (non-hydrogen) atoms. The zero-order chi connectivity index (χ0) is 15.5. The number of nitrogens with one attached hydrogen (secondary N) is 1. The summed E-state index contributed by atoms with van der Waals surface area (Å²) in [7, 11) is 2.00. The number of furan rings is 1. The van der Waals surface area contributed by atoms with Crippen molar-refractivity contribution in [2.45, 2.75) is 39.4 Å². The second-order valence-corrected chi connectivity index (χ2v) is 6.36. The van der Waals surface area contributed by atoms with Crippen molar-refractivity contribution >= 4 is 5.69 Å². The Kier molecular flexibility index (Phi) is 4.68. The van der Waals surface area contributed by atoms with Crippen LogP contribution in [-0.2, 0) is 13.1 Å². The van der Waals surface area contributed by atoms with E-state index in [1.807, 2.05) is 19.2 Å². The Morgan fingerprint density at radius 2 is 2.00 bits per heavy atom. The van der Waals surface area contributed by atoms with Gasteiger partial charge in [-0.05, 0) is 50.6 Å². The average molecular weight is 290 g/mol. The van der Waals surface area contributed by atoms with Crippen molar-refractivity contribution in [2.24, 2.45) is 0 Å². The van der Waals surface area contributed by atoms with Gasteiger partial charge in [-0.2, -0.15) is 0 Å². The van der Waals surface area contributed by atoms with E-state index in [9.17, 15) is 4.39 Å².